The number of allylic oxidation sites excluding steroid dienone is 8. The molecular weight excluding hydrogens is 605 g/mol. The van der Waals surface area contributed by atoms with Gasteiger partial charge in [-0.3, -0.25) is 0 Å². The van der Waals surface area contributed by atoms with Crippen molar-refractivity contribution in [3.63, 3.8) is 0 Å². The van der Waals surface area contributed by atoms with Crippen molar-refractivity contribution < 1.29 is 4.74 Å². The Bertz CT molecular complexity index is 1950. The van der Waals surface area contributed by atoms with Gasteiger partial charge in [0, 0.05) is 0 Å². The molecule has 4 aromatic carbocycles. The van der Waals surface area contributed by atoms with E-state index in [4.69, 9.17) is 4.74 Å². The van der Waals surface area contributed by atoms with Gasteiger partial charge >= 0.3 is 228 Å². The van der Waals surface area contributed by atoms with Crippen LogP contribution in [0.15, 0.2) is 148 Å². The predicted molar refractivity (Wildman–Crippen MR) is 178 cm³/mol. The van der Waals surface area contributed by atoms with Crippen molar-refractivity contribution in [3.8, 4) is 17.9 Å². The zero-order valence-electron chi connectivity index (χ0n) is 23.9. The summed E-state index contributed by atoms with van der Waals surface area (Å²) in [6, 6.07) is 39.5. The number of hydrogen-bond acceptors (Lipinski definition) is 4. The molecule has 3 aliphatic rings. The Labute approximate surface area is 264 Å². The van der Waals surface area contributed by atoms with E-state index in [-0.39, 0.29) is 20.5 Å². The van der Waals surface area contributed by atoms with Crippen molar-refractivity contribution in [1.29, 1.82) is 10.5 Å². The number of hydrogen-bond donors (Lipinski definition) is 0. The Hall–Kier alpha value is -5.32. The molecule has 0 amide bonds. The number of ether oxygens (including phenoxy) is 1. The molecule has 0 radical (unpaired) electrons. The number of nitrogens with zero attached hydrogens (tertiary/aromatic N) is 3. The van der Waals surface area contributed by atoms with Crippen molar-refractivity contribution in [2.24, 2.45) is 0 Å². The Morgan fingerprint density at radius 2 is 1.45 bits per heavy atom. The molecule has 1 aliphatic carbocycles. The molecule has 2 aliphatic heterocycles. The number of fused-ring (bicyclic) bond motifs is 3. The molecule has 0 spiro atoms. The van der Waals surface area contributed by atoms with Crippen molar-refractivity contribution in [1.82, 2.24) is 0 Å². The Morgan fingerprint density at radius 1 is 0.750 bits per heavy atom. The second-order valence-electron chi connectivity index (χ2n) is 10.7. The SMILES string of the molecule is N#CC(C#N)=C1C=C(C=CC2=C3Oc4cc(N(c5ccccc5)c5ccccc5)ccc4C=C3CCC2)[Se]c2ccccc21. The van der Waals surface area contributed by atoms with E-state index in [1.54, 1.807) is 0 Å². The number of para-hydroxylation sites is 2. The molecule has 0 saturated heterocycles. The van der Waals surface area contributed by atoms with Crippen molar-refractivity contribution >= 4 is 48.1 Å². The standard InChI is InChI=1S/C39H27N3OSe/c40-25-30(26-41)36-24-34(44-38-17-8-7-16-35(36)38)21-19-27-10-9-11-29-22-28-18-20-33(23-37(28)43-39(27)29)42(31-12-3-1-4-13-31)32-14-5-2-6-15-32/h1-8,12-24H,9-11H2. The average molecular weight is 633 g/mol. The minimum absolute atomic E-state index is 0.0679. The first-order chi connectivity index (χ1) is 21.7. The van der Waals surface area contributed by atoms with Gasteiger partial charge in [-0.25, -0.2) is 0 Å². The molecule has 2 heterocycles. The topological polar surface area (TPSA) is 60.1 Å². The zero-order valence-corrected chi connectivity index (χ0v) is 25.6. The second-order valence-corrected chi connectivity index (χ2v) is 13.0. The fourth-order valence-electron chi connectivity index (χ4n) is 5.87. The molecule has 0 fully saturated rings. The number of nitriles is 2. The van der Waals surface area contributed by atoms with Crippen LogP contribution < -0.4 is 14.1 Å². The summed E-state index contributed by atoms with van der Waals surface area (Å²) in [7, 11) is 0. The quantitative estimate of drug-likeness (QED) is 0.163. The first-order valence-electron chi connectivity index (χ1n) is 14.6. The summed E-state index contributed by atoms with van der Waals surface area (Å²) in [5, 5.41) is 19.2. The van der Waals surface area contributed by atoms with E-state index in [0.29, 0.717) is 5.57 Å². The van der Waals surface area contributed by atoms with Gasteiger partial charge in [-0.15, -0.1) is 0 Å². The number of benzene rings is 4. The third-order valence-corrected chi connectivity index (χ3v) is 10.2. The molecule has 0 N–H and O–H groups in total. The van der Waals surface area contributed by atoms with Gasteiger partial charge in [0.15, 0.2) is 0 Å². The van der Waals surface area contributed by atoms with Gasteiger partial charge in [-0.2, -0.15) is 0 Å². The normalized spacial score (nSPS) is 15.1. The molecular formula is C39H27N3OSe. The van der Waals surface area contributed by atoms with Gasteiger partial charge in [0.2, 0.25) is 0 Å². The van der Waals surface area contributed by atoms with Gasteiger partial charge in [0.1, 0.15) is 0 Å². The molecule has 4 nitrogen and oxygen atoms in total. The average Bonchev–Trinajstić information content (AvgIpc) is 3.08. The van der Waals surface area contributed by atoms with Crippen LogP contribution in [0.4, 0.5) is 17.1 Å². The molecule has 210 valence electrons. The van der Waals surface area contributed by atoms with E-state index in [1.807, 2.05) is 36.4 Å². The van der Waals surface area contributed by atoms with Crippen molar-refractivity contribution in [2.75, 3.05) is 4.90 Å². The molecule has 0 aromatic heterocycles. The molecule has 4 aromatic rings. The molecule has 0 atom stereocenters. The summed E-state index contributed by atoms with van der Waals surface area (Å²) >= 11 is 0.0679. The maximum atomic E-state index is 9.61. The third-order valence-electron chi connectivity index (χ3n) is 7.93. The van der Waals surface area contributed by atoms with Crippen LogP contribution in [0.2, 0.25) is 0 Å². The van der Waals surface area contributed by atoms with Crippen molar-refractivity contribution in [2.45, 2.75) is 19.3 Å². The summed E-state index contributed by atoms with van der Waals surface area (Å²) in [6.45, 7) is 0. The van der Waals surface area contributed by atoms with Crippen LogP contribution in [-0.2, 0) is 0 Å². The van der Waals surface area contributed by atoms with Gasteiger partial charge in [-0.05, 0) is 0 Å². The van der Waals surface area contributed by atoms with Gasteiger partial charge in [0.05, 0.1) is 0 Å². The molecule has 0 saturated carbocycles. The van der Waals surface area contributed by atoms with E-state index < -0.39 is 0 Å². The van der Waals surface area contributed by atoms with Crippen molar-refractivity contribution in [3.05, 3.63) is 159 Å². The molecule has 7 rings (SSSR count). The molecule has 0 unspecified atom stereocenters. The van der Waals surface area contributed by atoms with E-state index >= 15 is 0 Å². The summed E-state index contributed by atoms with van der Waals surface area (Å²) in [4.78, 5) is 2.25. The Kier molecular flexibility index (Phi) is 7.58. The van der Waals surface area contributed by atoms with E-state index in [2.05, 4.69) is 108 Å². The van der Waals surface area contributed by atoms with Crippen LogP contribution >= 0.6 is 0 Å². The summed E-state index contributed by atoms with van der Waals surface area (Å²) < 4.78 is 9.03. The van der Waals surface area contributed by atoms with Crippen LogP contribution in [-0.4, -0.2) is 15.0 Å². The van der Waals surface area contributed by atoms with Crippen LogP contribution in [0, 0.1) is 22.7 Å². The van der Waals surface area contributed by atoms with Gasteiger partial charge in [0.25, 0.3) is 0 Å². The predicted octanol–water partition coefficient (Wildman–Crippen LogP) is 8.65. The first kappa shape index (κ1) is 27.5. The van der Waals surface area contributed by atoms with E-state index in [9.17, 15) is 10.5 Å². The molecule has 5 heteroatoms. The summed E-state index contributed by atoms with van der Waals surface area (Å²) in [5.74, 6) is 1.79. The fraction of sp³-hybridized carbons (Fsp3) is 0.0769. The molecule has 0 bridgehead atoms. The second kappa shape index (κ2) is 12.1. The Morgan fingerprint density at radius 3 is 2.18 bits per heavy atom. The number of anilines is 3. The minimum atomic E-state index is 0.0679. The third kappa shape index (κ3) is 5.32. The van der Waals surface area contributed by atoms with Crippen LogP contribution in [0.1, 0.15) is 30.4 Å². The van der Waals surface area contributed by atoms with E-state index in [1.165, 1.54) is 15.6 Å². The van der Waals surface area contributed by atoms with Gasteiger partial charge in [-0.1, -0.05) is 36.4 Å². The summed E-state index contributed by atoms with van der Waals surface area (Å²) in [5.41, 5.74) is 8.52. The number of rotatable bonds is 5. The first-order valence-corrected chi connectivity index (χ1v) is 16.3. The van der Waals surface area contributed by atoms with Crippen LogP contribution in [0.3, 0.4) is 0 Å². The van der Waals surface area contributed by atoms with Crippen LogP contribution in [0.25, 0.3) is 11.6 Å². The Balaban J connectivity index is 1.24. The van der Waals surface area contributed by atoms with E-state index in [0.717, 1.165) is 63.4 Å². The molecule has 44 heavy (non-hydrogen) atoms. The maximum absolute atomic E-state index is 9.61. The zero-order chi connectivity index (χ0) is 29.9. The van der Waals surface area contributed by atoms with Gasteiger partial charge < -0.3 is 0 Å². The summed E-state index contributed by atoms with van der Waals surface area (Å²) in [6.07, 6.45) is 11.6. The monoisotopic (exact) mass is 633 g/mol. The fourth-order valence-corrected chi connectivity index (χ4v) is 7.97. The van der Waals surface area contributed by atoms with Crippen LogP contribution in [0.5, 0.6) is 5.75 Å².